The topological polar surface area (TPSA) is 80.8 Å². The van der Waals surface area contributed by atoms with Crippen molar-refractivity contribution in [3.63, 3.8) is 0 Å². The van der Waals surface area contributed by atoms with Crippen LogP contribution in [0.1, 0.15) is 24.5 Å². The van der Waals surface area contributed by atoms with Gasteiger partial charge < -0.3 is 19.7 Å². The van der Waals surface area contributed by atoms with E-state index in [1.165, 1.54) is 6.92 Å². The maximum Gasteiger partial charge on any atom is 0.231 e. The van der Waals surface area contributed by atoms with Gasteiger partial charge in [0.25, 0.3) is 0 Å². The molecule has 1 aliphatic heterocycles. The molecule has 2 heterocycles. The fourth-order valence-electron chi connectivity index (χ4n) is 2.63. The Hall–Kier alpha value is -3.09. The van der Waals surface area contributed by atoms with Gasteiger partial charge in [0.1, 0.15) is 0 Å². The van der Waals surface area contributed by atoms with Crippen LogP contribution in [-0.2, 0) is 22.7 Å². The predicted molar refractivity (Wildman–Crippen MR) is 94.4 cm³/mol. The van der Waals surface area contributed by atoms with E-state index in [9.17, 15) is 9.59 Å². The van der Waals surface area contributed by atoms with Crippen molar-refractivity contribution >= 4 is 11.8 Å². The van der Waals surface area contributed by atoms with Crippen molar-refractivity contribution in [3.05, 3.63) is 53.9 Å². The lowest BCUT2D eigenvalue weighted by molar-refractivity contribution is -0.130. The van der Waals surface area contributed by atoms with Crippen molar-refractivity contribution in [2.45, 2.75) is 26.4 Å². The summed E-state index contributed by atoms with van der Waals surface area (Å²) in [7, 11) is 0. The van der Waals surface area contributed by atoms with Crippen molar-refractivity contribution in [2.75, 3.05) is 13.3 Å². The minimum Gasteiger partial charge on any atom is -0.454 e. The molecule has 7 nitrogen and oxygen atoms in total. The molecule has 7 heteroatoms. The Kier molecular flexibility index (Phi) is 5.68. The Bertz CT molecular complexity index is 780. The van der Waals surface area contributed by atoms with E-state index in [0.29, 0.717) is 31.1 Å². The highest BCUT2D eigenvalue weighted by molar-refractivity contribution is 5.78. The highest BCUT2D eigenvalue weighted by atomic mass is 16.7. The second kappa shape index (κ2) is 8.33. The third-order valence-corrected chi connectivity index (χ3v) is 4.10. The molecule has 0 spiro atoms. The molecule has 0 fully saturated rings. The van der Waals surface area contributed by atoms with E-state index in [1.54, 1.807) is 17.3 Å². The quantitative estimate of drug-likeness (QED) is 0.820. The summed E-state index contributed by atoms with van der Waals surface area (Å²) in [6, 6.07) is 9.29. The summed E-state index contributed by atoms with van der Waals surface area (Å²) in [5, 5.41) is 2.85. The first-order valence-electron chi connectivity index (χ1n) is 8.41. The van der Waals surface area contributed by atoms with Crippen molar-refractivity contribution in [2.24, 2.45) is 0 Å². The largest absolute Gasteiger partial charge is 0.454 e. The molecule has 0 atom stereocenters. The Labute approximate surface area is 151 Å². The van der Waals surface area contributed by atoms with Gasteiger partial charge in [0.2, 0.25) is 18.6 Å². The number of nitrogens with zero attached hydrogens (tertiary/aromatic N) is 2. The lowest BCUT2D eigenvalue weighted by Gasteiger charge is -2.21. The minimum atomic E-state index is -0.0984. The van der Waals surface area contributed by atoms with Crippen LogP contribution in [0.25, 0.3) is 0 Å². The van der Waals surface area contributed by atoms with Gasteiger partial charge in [-0.05, 0) is 35.4 Å². The number of fused-ring (bicyclic) bond motifs is 1. The van der Waals surface area contributed by atoms with Crippen LogP contribution in [0.5, 0.6) is 11.5 Å². The van der Waals surface area contributed by atoms with E-state index in [2.05, 4.69) is 10.3 Å². The van der Waals surface area contributed by atoms with Crippen LogP contribution in [0.2, 0.25) is 0 Å². The fourth-order valence-corrected chi connectivity index (χ4v) is 2.63. The van der Waals surface area contributed by atoms with E-state index < -0.39 is 0 Å². The normalized spacial score (nSPS) is 11.9. The highest BCUT2D eigenvalue weighted by Gasteiger charge is 2.16. The molecule has 0 radical (unpaired) electrons. The standard InChI is InChI=1S/C19H21N3O4/c1-14(23)22(12-16-2-3-17-18(10-16)26-13-25-17)9-6-19(24)21-11-15-4-7-20-8-5-15/h2-5,7-8,10H,6,9,11-13H2,1H3,(H,21,24). The summed E-state index contributed by atoms with van der Waals surface area (Å²) in [5.74, 6) is 1.21. The van der Waals surface area contributed by atoms with Gasteiger partial charge in [-0.2, -0.15) is 0 Å². The molecule has 1 N–H and O–H groups in total. The number of hydrogen-bond donors (Lipinski definition) is 1. The first kappa shape index (κ1) is 17.7. The molecular formula is C19H21N3O4. The van der Waals surface area contributed by atoms with Gasteiger partial charge >= 0.3 is 0 Å². The van der Waals surface area contributed by atoms with E-state index >= 15 is 0 Å². The molecule has 2 aromatic rings. The third-order valence-electron chi connectivity index (χ3n) is 4.10. The van der Waals surface area contributed by atoms with Crippen LogP contribution >= 0.6 is 0 Å². The van der Waals surface area contributed by atoms with Gasteiger partial charge in [0, 0.05) is 45.4 Å². The first-order chi connectivity index (χ1) is 12.6. The molecule has 0 unspecified atom stereocenters. The van der Waals surface area contributed by atoms with Crippen molar-refractivity contribution in [3.8, 4) is 11.5 Å². The number of carbonyl (C=O) groups is 2. The van der Waals surface area contributed by atoms with Gasteiger partial charge in [-0.1, -0.05) is 6.07 Å². The number of aromatic nitrogens is 1. The minimum absolute atomic E-state index is 0.0791. The summed E-state index contributed by atoms with van der Waals surface area (Å²) >= 11 is 0. The van der Waals surface area contributed by atoms with Crippen molar-refractivity contribution < 1.29 is 19.1 Å². The zero-order valence-electron chi connectivity index (χ0n) is 14.6. The zero-order chi connectivity index (χ0) is 18.4. The summed E-state index contributed by atoms with van der Waals surface area (Å²) in [4.78, 5) is 29.5. The lowest BCUT2D eigenvalue weighted by Crippen LogP contribution is -2.33. The maximum atomic E-state index is 12.0. The highest BCUT2D eigenvalue weighted by Crippen LogP contribution is 2.32. The molecule has 26 heavy (non-hydrogen) atoms. The number of carbonyl (C=O) groups excluding carboxylic acids is 2. The summed E-state index contributed by atoms with van der Waals surface area (Å²) in [6.07, 6.45) is 3.61. The smallest absolute Gasteiger partial charge is 0.231 e. The fraction of sp³-hybridized carbons (Fsp3) is 0.316. The monoisotopic (exact) mass is 355 g/mol. The van der Waals surface area contributed by atoms with Crippen LogP contribution in [-0.4, -0.2) is 35.0 Å². The van der Waals surface area contributed by atoms with Gasteiger partial charge in [-0.3, -0.25) is 14.6 Å². The molecule has 0 aliphatic carbocycles. The van der Waals surface area contributed by atoms with Crippen LogP contribution < -0.4 is 14.8 Å². The van der Waals surface area contributed by atoms with E-state index in [1.807, 2.05) is 30.3 Å². The molecule has 1 aromatic carbocycles. The Morgan fingerprint density at radius 1 is 1.12 bits per heavy atom. The number of pyridine rings is 1. The Morgan fingerprint density at radius 3 is 2.65 bits per heavy atom. The number of nitrogens with one attached hydrogen (secondary N) is 1. The van der Waals surface area contributed by atoms with Gasteiger partial charge in [0.15, 0.2) is 11.5 Å². The average molecular weight is 355 g/mol. The molecule has 1 aromatic heterocycles. The third kappa shape index (κ3) is 4.72. The van der Waals surface area contributed by atoms with Crippen LogP contribution in [0, 0.1) is 0 Å². The van der Waals surface area contributed by atoms with Crippen molar-refractivity contribution in [1.82, 2.24) is 15.2 Å². The SMILES string of the molecule is CC(=O)N(CCC(=O)NCc1ccncc1)Cc1ccc2c(c1)OCO2. The van der Waals surface area contributed by atoms with Gasteiger partial charge in [-0.25, -0.2) is 0 Å². The van der Waals surface area contributed by atoms with Gasteiger partial charge in [0.05, 0.1) is 0 Å². The van der Waals surface area contributed by atoms with Crippen LogP contribution in [0.15, 0.2) is 42.7 Å². The molecule has 0 bridgehead atoms. The summed E-state index contributed by atoms with van der Waals surface area (Å²) in [6.45, 7) is 2.94. The molecule has 3 rings (SSSR count). The van der Waals surface area contributed by atoms with E-state index in [-0.39, 0.29) is 25.0 Å². The second-order valence-corrected chi connectivity index (χ2v) is 6.01. The molecule has 0 saturated carbocycles. The zero-order valence-corrected chi connectivity index (χ0v) is 14.6. The van der Waals surface area contributed by atoms with Crippen LogP contribution in [0.3, 0.4) is 0 Å². The lowest BCUT2D eigenvalue weighted by atomic mass is 10.2. The number of amides is 2. The van der Waals surface area contributed by atoms with Crippen LogP contribution in [0.4, 0.5) is 0 Å². The first-order valence-corrected chi connectivity index (χ1v) is 8.41. The number of rotatable bonds is 7. The molecule has 2 amide bonds. The Morgan fingerprint density at radius 2 is 1.88 bits per heavy atom. The average Bonchev–Trinajstić information content (AvgIpc) is 3.11. The summed E-state index contributed by atoms with van der Waals surface area (Å²) in [5.41, 5.74) is 1.92. The number of ether oxygens (including phenoxy) is 2. The molecular weight excluding hydrogens is 334 g/mol. The van der Waals surface area contributed by atoms with Gasteiger partial charge in [-0.15, -0.1) is 0 Å². The van der Waals surface area contributed by atoms with E-state index in [4.69, 9.17) is 9.47 Å². The second-order valence-electron chi connectivity index (χ2n) is 6.01. The maximum absolute atomic E-state index is 12.0. The molecule has 1 aliphatic rings. The van der Waals surface area contributed by atoms with E-state index in [0.717, 1.165) is 11.1 Å². The predicted octanol–water partition coefficient (Wildman–Crippen LogP) is 1.87. The summed E-state index contributed by atoms with van der Waals surface area (Å²) < 4.78 is 10.6. The molecule has 0 saturated heterocycles. The number of benzene rings is 1. The number of hydrogen-bond acceptors (Lipinski definition) is 5. The van der Waals surface area contributed by atoms with Crippen molar-refractivity contribution in [1.29, 1.82) is 0 Å². The Balaban J connectivity index is 1.50. The molecule has 136 valence electrons.